The number of aromatic nitrogens is 1. The van der Waals surface area contributed by atoms with E-state index in [9.17, 15) is 22.4 Å². The van der Waals surface area contributed by atoms with Gasteiger partial charge in [-0.15, -0.1) is 0 Å². The Hall–Kier alpha value is -2.48. The van der Waals surface area contributed by atoms with Gasteiger partial charge in [0.1, 0.15) is 5.82 Å². The van der Waals surface area contributed by atoms with Gasteiger partial charge >= 0.3 is 6.18 Å². The average Bonchev–Trinajstić information content (AvgIpc) is 2.87. The van der Waals surface area contributed by atoms with Crippen molar-refractivity contribution in [2.75, 3.05) is 5.32 Å². The van der Waals surface area contributed by atoms with Crippen LogP contribution in [0.25, 0.3) is 10.2 Å². The van der Waals surface area contributed by atoms with Crippen molar-refractivity contribution in [2.24, 2.45) is 0 Å². The highest BCUT2D eigenvalue weighted by atomic mass is 32.1. The fourth-order valence-electron chi connectivity index (χ4n) is 1.96. The summed E-state index contributed by atoms with van der Waals surface area (Å²) < 4.78 is 51.6. The van der Waals surface area contributed by atoms with Gasteiger partial charge in [-0.25, -0.2) is 9.37 Å². The standard InChI is InChI=1S/C15H8F4N2OS/c16-10-4-5-11-12(7-10)23-14(20-11)21-13(22)8-2-1-3-9(6-8)15(17,18)19/h1-7H,(H,20,21,22). The van der Waals surface area contributed by atoms with Crippen LogP contribution in [-0.4, -0.2) is 10.9 Å². The third-order valence-electron chi connectivity index (χ3n) is 3.02. The molecule has 0 aliphatic heterocycles. The molecule has 0 unspecified atom stereocenters. The molecule has 0 fully saturated rings. The van der Waals surface area contributed by atoms with E-state index in [1.54, 1.807) is 0 Å². The van der Waals surface area contributed by atoms with Crippen molar-refractivity contribution in [3.05, 3.63) is 59.4 Å². The molecular formula is C15H8F4N2OS. The second kappa shape index (κ2) is 5.62. The smallest absolute Gasteiger partial charge is 0.298 e. The molecule has 0 aliphatic carbocycles. The average molecular weight is 340 g/mol. The Labute approximate surface area is 131 Å². The van der Waals surface area contributed by atoms with Crippen LogP contribution in [0, 0.1) is 5.82 Å². The van der Waals surface area contributed by atoms with Crippen LogP contribution in [0.4, 0.5) is 22.7 Å². The van der Waals surface area contributed by atoms with Gasteiger partial charge < -0.3 is 0 Å². The van der Waals surface area contributed by atoms with Gasteiger partial charge in [0.15, 0.2) is 5.13 Å². The van der Waals surface area contributed by atoms with Crippen LogP contribution in [0.15, 0.2) is 42.5 Å². The number of hydrogen-bond acceptors (Lipinski definition) is 3. The van der Waals surface area contributed by atoms with Gasteiger partial charge in [-0.3, -0.25) is 10.1 Å². The van der Waals surface area contributed by atoms with Gasteiger partial charge in [0.05, 0.1) is 15.8 Å². The number of nitrogens with zero attached hydrogens (tertiary/aromatic N) is 1. The van der Waals surface area contributed by atoms with Crippen molar-refractivity contribution < 1.29 is 22.4 Å². The zero-order valence-corrected chi connectivity index (χ0v) is 12.1. The number of fused-ring (bicyclic) bond motifs is 1. The van der Waals surface area contributed by atoms with Crippen molar-refractivity contribution >= 4 is 32.6 Å². The molecule has 1 aromatic heterocycles. The van der Waals surface area contributed by atoms with Gasteiger partial charge in [0.25, 0.3) is 5.91 Å². The van der Waals surface area contributed by atoms with Crippen LogP contribution in [0.2, 0.25) is 0 Å². The number of anilines is 1. The van der Waals surface area contributed by atoms with Crippen LogP contribution in [0.5, 0.6) is 0 Å². The first-order chi connectivity index (χ1) is 10.8. The van der Waals surface area contributed by atoms with Crippen LogP contribution < -0.4 is 5.32 Å². The molecule has 2 aromatic carbocycles. The highest BCUT2D eigenvalue weighted by molar-refractivity contribution is 7.22. The normalized spacial score (nSPS) is 11.7. The van der Waals surface area contributed by atoms with Crippen LogP contribution >= 0.6 is 11.3 Å². The van der Waals surface area contributed by atoms with E-state index in [0.717, 1.165) is 29.5 Å². The summed E-state index contributed by atoms with van der Waals surface area (Å²) in [6, 6.07) is 8.05. The third-order valence-corrected chi connectivity index (χ3v) is 3.96. The van der Waals surface area contributed by atoms with Crippen molar-refractivity contribution in [3.8, 4) is 0 Å². The summed E-state index contributed by atoms with van der Waals surface area (Å²) in [7, 11) is 0. The summed E-state index contributed by atoms with van der Waals surface area (Å²) in [5, 5.41) is 2.61. The predicted molar refractivity (Wildman–Crippen MR) is 79.0 cm³/mol. The quantitative estimate of drug-likeness (QED) is 0.687. The van der Waals surface area contributed by atoms with Crippen LogP contribution in [0.3, 0.4) is 0 Å². The Bertz CT molecular complexity index is 889. The summed E-state index contributed by atoms with van der Waals surface area (Å²) in [6.45, 7) is 0. The molecule has 0 saturated heterocycles. The molecule has 3 aromatic rings. The largest absolute Gasteiger partial charge is 0.416 e. The number of alkyl halides is 3. The van der Waals surface area contributed by atoms with E-state index in [-0.39, 0.29) is 10.7 Å². The van der Waals surface area contributed by atoms with Crippen LogP contribution in [0.1, 0.15) is 15.9 Å². The lowest BCUT2D eigenvalue weighted by Crippen LogP contribution is -2.13. The lowest BCUT2D eigenvalue weighted by atomic mass is 10.1. The first-order valence-corrected chi connectivity index (χ1v) is 7.19. The maximum Gasteiger partial charge on any atom is 0.416 e. The Morgan fingerprint density at radius 1 is 1.13 bits per heavy atom. The Morgan fingerprint density at radius 3 is 2.65 bits per heavy atom. The predicted octanol–water partition coefficient (Wildman–Crippen LogP) is 4.71. The molecule has 0 saturated carbocycles. The van der Waals surface area contributed by atoms with E-state index < -0.39 is 23.5 Å². The van der Waals surface area contributed by atoms with Crippen molar-refractivity contribution in [2.45, 2.75) is 6.18 Å². The third kappa shape index (κ3) is 3.31. The van der Waals surface area contributed by atoms with E-state index >= 15 is 0 Å². The topological polar surface area (TPSA) is 42.0 Å². The number of hydrogen-bond donors (Lipinski definition) is 1. The molecule has 3 rings (SSSR count). The number of nitrogens with one attached hydrogen (secondary N) is 1. The number of amides is 1. The molecule has 1 heterocycles. The minimum absolute atomic E-state index is 0.134. The summed E-state index contributed by atoms with van der Waals surface area (Å²) in [6.07, 6.45) is -4.52. The molecule has 3 nitrogen and oxygen atoms in total. The van der Waals surface area contributed by atoms with Gasteiger partial charge in [-0.05, 0) is 36.4 Å². The fraction of sp³-hybridized carbons (Fsp3) is 0.0667. The molecule has 0 radical (unpaired) electrons. The van der Waals surface area contributed by atoms with Crippen LogP contribution in [-0.2, 0) is 6.18 Å². The SMILES string of the molecule is O=C(Nc1nc2ccc(F)cc2s1)c1cccc(C(F)(F)F)c1. The van der Waals surface area contributed by atoms with Crippen molar-refractivity contribution in [3.63, 3.8) is 0 Å². The van der Waals surface area contributed by atoms with E-state index in [1.807, 2.05) is 0 Å². The zero-order chi connectivity index (χ0) is 16.6. The molecule has 23 heavy (non-hydrogen) atoms. The molecule has 0 atom stereocenters. The molecule has 0 bridgehead atoms. The van der Waals surface area contributed by atoms with Crippen molar-refractivity contribution in [1.82, 2.24) is 4.98 Å². The second-order valence-corrected chi connectivity index (χ2v) is 5.69. The molecule has 118 valence electrons. The molecule has 0 aliphatic rings. The summed E-state index contributed by atoms with van der Waals surface area (Å²) in [5.41, 5.74) is -0.544. The highest BCUT2D eigenvalue weighted by Gasteiger charge is 2.30. The lowest BCUT2D eigenvalue weighted by molar-refractivity contribution is -0.137. The molecular weight excluding hydrogens is 332 g/mol. The van der Waals surface area contributed by atoms with E-state index in [0.29, 0.717) is 10.2 Å². The van der Waals surface area contributed by atoms with Crippen molar-refractivity contribution in [1.29, 1.82) is 0 Å². The molecule has 1 amide bonds. The van der Waals surface area contributed by atoms with Gasteiger partial charge in [-0.1, -0.05) is 17.4 Å². The van der Waals surface area contributed by atoms with Gasteiger partial charge in [-0.2, -0.15) is 13.2 Å². The molecule has 1 N–H and O–H groups in total. The Kier molecular flexibility index (Phi) is 3.77. The maximum atomic E-state index is 13.1. The maximum absolute atomic E-state index is 13.1. The zero-order valence-electron chi connectivity index (χ0n) is 11.3. The van der Waals surface area contributed by atoms with E-state index in [4.69, 9.17) is 0 Å². The molecule has 8 heteroatoms. The monoisotopic (exact) mass is 340 g/mol. The lowest BCUT2D eigenvalue weighted by Gasteiger charge is -2.08. The fourth-order valence-corrected chi connectivity index (χ4v) is 2.84. The first kappa shape index (κ1) is 15.4. The number of carbonyl (C=O) groups is 1. The minimum atomic E-state index is -4.52. The Morgan fingerprint density at radius 2 is 1.91 bits per heavy atom. The second-order valence-electron chi connectivity index (χ2n) is 4.66. The van der Waals surface area contributed by atoms with E-state index in [2.05, 4.69) is 10.3 Å². The van der Waals surface area contributed by atoms with Gasteiger partial charge in [0, 0.05) is 5.56 Å². The minimum Gasteiger partial charge on any atom is -0.298 e. The number of thiazole rings is 1. The number of benzene rings is 2. The number of halogens is 4. The summed E-state index contributed by atoms with van der Waals surface area (Å²) in [5.74, 6) is -1.15. The number of carbonyl (C=O) groups excluding carboxylic acids is 1. The highest BCUT2D eigenvalue weighted by Crippen LogP contribution is 2.30. The molecule has 0 spiro atoms. The first-order valence-electron chi connectivity index (χ1n) is 6.37. The van der Waals surface area contributed by atoms with Gasteiger partial charge in [0.2, 0.25) is 0 Å². The Balaban J connectivity index is 1.85. The summed E-state index contributed by atoms with van der Waals surface area (Å²) >= 11 is 1.04. The van der Waals surface area contributed by atoms with E-state index in [1.165, 1.54) is 24.3 Å². The summed E-state index contributed by atoms with van der Waals surface area (Å²) in [4.78, 5) is 16.1. The number of rotatable bonds is 2.